The number of carbonyl (C=O) groups is 3. The first-order chi connectivity index (χ1) is 9.62. The van der Waals surface area contributed by atoms with Crippen LogP contribution in [0.1, 0.15) is 24.2 Å². The molecule has 0 amide bonds. The Morgan fingerprint density at radius 1 is 1.05 bits per heavy atom. The van der Waals surface area contributed by atoms with Crippen molar-refractivity contribution >= 4 is 18.2 Å². The molecule has 1 aromatic carbocycles. The summed E-state index contributed by atoms with van der Waals surface area (Å²) in [6.45, 7) is 3.50. The summed E-state index contributed by atoms with van der Waals surface area (Å²) < 4.78 is 14.8. The summed E-state index contributed by atoms with van der Waals surface area (Å²) in [5, 5.41) is 0. The van der Waals surface area contributed by atoms with Gasteiger partial charge in [0.2, 0.25) is 0 Å². The fourth-order valence-electron chi connectivity index (χ4n) is 1.39. The quantitative estimate of drug-likeness (QED) is 0.426. The van der Waals surface area contributed by atoms with E-state index in [9.17, 15) is 14.4 Å². The van der Waals surface area contributed by atoms with E-state index in [1.165, 1.54) is 24.3 Å². The average molecular weight is 280 g/mol. The summed E-state index contributed by atoms with van der Waals surface area (Å²) in [5.74, 6) is -1.36. The smallest absolute Gasteiger partial charge is 0.359 e. The lowest BCUT2D eigenvalue weighted by Gasteiger charge is -2.16. The Balaban J connectivity index is 2.84. The van der Waals surface area contributed by atoms with Crippen LogP contribution in [0.3, 0.4) is 0 Å². The normalized spacial score (nSPS) is 9.95. The van der Waals surface area contributed by atoms with Gasteiger partial charge in [0.1, 0.15) is 12.0 Å². The average Bonchev–Trinajstić information content (AvgIpc) is 2.45. The molecule has 1 aromatic rings. The van der Waals surface area contributed by atoms with E-state index in [2.05, 4.69) is 0 Å². The van der Waals surface area contributed by atoms with Crippen LogP contribution in [0.15, 0.2) is 24.3 Å². The van der Waals surface area contributed by atoms with Crippen molar-refractivity contribution in [3.8, 4) is 5.75 Å². The van der Waals surface area contributed by atoms with E-state index in [4.69, 9.17) is 14.2 Å². The fraction of sp³-hybridized carbons (Fsp3) is 0.357. The monoisotopic (exact) mass is 280 g/mol. The van der Waals surface area contributed by atoms with Crippen LogP contribution in [0, 0.1) is 0 Å². The van der Waals surface area contributed by atoms with E-state index in [1.54, 1.807) is 13.8 Å². The lowest BCUT2D eigenvalue weighted by Crippen LogP contribution is -2.38. The van der Waals surface area contributed by atoms with Crippen LogP contribution < -0.4 is 4.74 Å². The van der Waals surface area contributed by atoms with Gasteiger partial charge in [0.25, 0.3) is 6.10 Å². The Hall–Kier alpha value is -2.37. The standard InChI is InChI=1S/C14H16O6/c1-3-18-13(16)12(14(17)19-4-2)20-11-7-5-10(9-15)6-8-11/h5-9,12H,3-4H2,1-2H3. The van der Waals surface area contributed by atoms with Crippen LogP contribution in [0.5, 0.6) is 5.75 Å². The second kappa shape index (κ2) is 7.93. The van der Waals surface area contributed by atoms with Gasteiger partial charge in [-0.3, -0.25) is 4.79 Å². The molecule has 0 aliphatic carbocycles. The van der Waals surface area contributed by atoms with Crippen molar-refractivity contribution in [1.82, 2.24) is 0 Å². The SMILES string of the molecule is CCOC(=O)C(Oc1ccc(C=O)cc1)C(=O)OCC. The fourth-order valence-corrected chi connectivity index (χ4v) is 1.39. The van der Waals surface area contributed by atoms with Crippen LogP contribution in [0.25, 0.3) is 0 Å². The molecular formula is C14H16O6. The number of carbonyl (C=O) groups excluding carboxylic acids is 3. The molecule has 0 heterocycles. The molecule has 0 atom stereocenters. The molecule has 0 radical (unpaired) electrons. The zero-order chi connectivity index (χ0) is 15.0. The highest BCUT2D eigenvalue weighted by atomic mass is 16.6. The second-order valence-electron chi connectivity index (χ2n) is 3.69. The van der Waals surface area contributed by atoms with Crippen molar-refractivity contribution in [3.05, 3.63) is 29.8 Å². The summed E-state index contributed by atoms with van der Waals surface area (Å²) in [6.07, 6.45) is -0.796. The maximum Gasteiger partial charge on any atom is 0.359 e. The van der Waals surface area contributed by atoms with Crippen LogP contribution >= 0.6 is 0 Å². The minimum absolute atomic E-state index is 0.127. The van der Waals surface area contributed by atoms with Crippen LogP contribution in [0.2, 0.25) is 0 Å². The number of esters is 2. The van der Waals surface area contributed by atoms with Gasteiger partial charge in [0.05, 0.1) is 13.2 Å². The van der Waals surface area contributed by atoms with Crippen LogP contribution in [-0.4, -0.2) is 37.5 Å². The maximum absolute atomic E-state index is 11.7. The summed E-state index contributed by atoms with van der Waals surface area (Å²) in [7, 11) is 0. The Morgan fingerprint density at radius 2 is 1.55 bits per heavy atom. The topological polar surface area (TPSA) is 78.9 Å². The van der Waals surface area contributed by atoms with Crippen LogP contribution in [0.4, 0.5) is 0 Å². The van der Waals surface area contributed by atoms with Gasteiger partial charge >= 0.3 is 11.9 Å². The summed E-state index contributed by atoms with van der Waals surface area (Å²) in [4.78, 5) is 33.9. The first-order valence-electron chi connectivity index (χ1n) is 6.17. The third-order valence-corrected chi connectivity index (χ3v) is 2.27. The number of ether oxygens (including phenoxy) is 3. The minimum atomic E-state index is -1.48. The van der Waals surface area contributed by atoms with Crippen molar-refractivity contribution in [2.24, 2.45) is 0 Å². The predicted molar refractivity (Wildman–Crippen MR) is 69.5 cm³/mol. The van der Waals surface area contributed by atoms with E-state index in [0.717, 1.165) is 0 Å². The van der Waals surface area contributed by atoms with Crippen molar-refractivity contribution in [2.75, 3.05) is 13.2 Å². The maximum atomic E-state index is 11.7. The first kappa shape index (κ1) is 15.7. The number of rotatable bonds is 7. The number of benzene rings is 1. The summed E-state index contributed by atoms with van der Waals surface area (Å²) in [6, 6.07) is 5.98. The molecule has 0 fully saturated rings. The molecule has 108 valence electrons. The molecule has 0 unspecified atom stereocenters. The third-order valence-electron chi connectivity index (χ3n) is 2.27. The minimum Gasteiger partial charge on any atom is -0.467 e. The highest BCUT2D eigenvalue weighted by molar-refractivity contribution is 5.98. The van der Waals surface area contributed by atoms with E-state index in [1.807, 2.05) is 0 Å². The van der Waals surface area contributed by atoms with Crippen molar-refractivity contribution < 1.29 is 28.6 Å². The van der Waals surface area contributed by atoms with Gasteiger partial charge in [-0.15, -0.1) is 0 Å². The Bertz CT molecular complexity index is 447. The molecule has 0 saturated heterocycles. The molecular weight excluding hydrogens is 264 g/mol. The van der Waals surface area contributed by atoms with Gasteiger partial charge in [0, 0.05) is 5.56 Å². The highest BCUT2D eigenvalue weighted by Gasteiger charge is 2.31. The van der Waals surface area contributed by atoms with Gasteiger partial charge in [-0.2, -0.15) is 0 Å². The number of hydrogen-bond donors (Lipinski definition) is 0. The van der Waals surface area contributed by atoms with Gasteiger partial charge in [-0.05, 0) is 38.1 Å². The van der Waals surface area contributed by atoms with E-state index >= 15 is 0 Å². The molecule has 1 rings (SSSR count). The second-order valence-corrected chi connectivity index (χ2v) is 3.69. The van der Waals surface area contributed by atoms with Gasteiger partial charge in [0.15, 0.2) is 0 Å². The van der Waals surface area contributed by atoms with Gasteiger partial charge in [-0.25, -0.2) is 9.59 Å². The van der Waals surface area contributed by atoms with E-state index in [0.29, 0.717) is 11.8 Å². The summed E-state index contributed by atoms with van der Waals surface area (Å²) in [5.41, 5.74) is 0.459. The Labute approximate surface area is 116 Å². The van der Waals surface area contributed by atoms with Crippen molar-refractivity contribution in [1.29, 1.82) is 0 Å². The van der Waals surface area contributed by atoms with E-state index < -0.39 is 18.0 Å². The molecule has 0 saturated carbocycles. The Kier molecular flexibility index (Phi) is 6.22. The Morgan fingerprint density at radius 3 is 1.95 bits per heavy atom. The highest BCUT2D eigenvalue weighted by Crippen LogP contribution is 2.14. The molecule has 6 heteroatoms. The molecule has 0 spiro atoms. The molecule has 0 aliphatic heterocycles. The first-order valence-corrected chi connectivity index (χ1v) is 6.17. The van der Waals surface area contributed by atoms with Gasteiger partial charge < -0.3 is 14.2 Å². The third kappa shape index (κ3) is 4.38. The predicted octanol–water partition coefficient (Wildman–Crippen LogP) is 1.37. The molecule has 0 aromatic heterocycles. The molecule has 0 bridgehead atoms. The molecule has 20 heavy (non-hydrogen) atoms. The lowest BCUT2D eigenvalue weighted by molar-refractivity contribution is -0.166. The number of aldehydes is 1. The summed E-state index contributed by atoms with van der Waals surface area (Å²) >= 11 is 0. The number of hydrogen-bond acceptors (Lipinski definition) is 6. The largest absolute Gasteiger partial charge is 0.467 e. The van der Waals surface area contributed by atoms with Crippen molar-refractivity contribution in [3.63, 3.8) is 0 Å². The van der Waals surface area contributed by atoms with Crippen molar-refractivity contribution in [2.45, 2.75) is 20.0 Å². The van der Waals surface area contributed by atoms with Crippen LogP contribution in [-0.2, 0) is 19.1 Å². The molecule has 0 aliphatic rings. The lowest BCUT2D eigenvalue weighted by atomic mass is 10.2. The van der Waals surface area contributed by atoms with Gasteiger partial charge in [-0.1, -0.05) is 0 Å². The molecule has 6 nitrogen and oxygen atoms in total. The zero-order valence-corrected chi connectivity index (χ0v) is 11.3. The van der Waals surface area contributed by atoms with E-state index in [-0.39, 0.29) is 19.0 Å². The zero-order valence-electron chi connectivity index (χ0n) is 11.3. The molecule has 0 N–H and O–H groups in total.